The van der Waals surface area contributed by atoms with Crippen LogP contribution in [-0.2, 0) is 21.1 Å². The SMILES string of the molecule is COC(=O)c1ccc(CNC2C=CS(=O)(=O)C2)o1. The number of esters is 1. The number of sulfone groups is 1. The van der Waals surface area contributed by atoms with Crippen molar-refractivity contribution in [1.82, 2.24) is 5.32 Å². The molecule has 0 radical (unpaired) electrons. The smallest absolute Gasteiger partial charge is 0.373 e. The summed E-state index contributed by atoms with van der Waals surface area (Å²) in [5, 5.41) is 4.21. The van der Waals surface area contributed by atoms with Crippen LogP contribution in [0.15, 0.2) is 28.0 Å². The van der Waals surface area contributed by atoms with E-state index in [1.54, 1.807) is 12.1 Å². The lowest BCUT2D eigenvalue weighted by molar-refractivity contribution is 0.0563. The fourth-order valence-corrected chi connectivity index (χ4v) is 2.89. The first-order chi connectivity index (χ1) is 8.50. The van der Waals surface area contributed by atoms with Crippen LogP contribution in [-0.4, -0.2) is 33.3 Å². The van der Waals surface area contributed by atoms with Crippen molar-refractivity contribution >= 4 is 15.8 Å². The number of nitrogens with one attached hydrogen (secondary N) is 1. The molecular weight excluding hydrogens is 258 g/mol. The molecule has 1 aliphatic heterocycles. The third-order valence-corrected chi connectivity index (χ3v) is 3.91. The highest BCUT2D eigenvalue weighted by Crippen LogP contribution is 2.11. The van der Waals surface area contributed by atoms with Crippen LogP contribution < -0.4 is 5.32 Å². The Morgan fingerprint density at radius 3 is 2.94 bits per heavy atom. The van der Waals surface area contributed by atoms with E-state index < -0.39 is 15.8 Å². The van der Waals surface area contributed by atoms with E-state index in [9.17, 15) is 13.2 Å². The van der Waals surface area contributed by atoms with E-state index >= 15 is 0 Å². The maximum Gasteiger partial charge on any atom is 0.373 e. The molecule has 0 saturated heterocycles. The summed E-state index contributed by atoms with van der Waals surface area (Å²) >= 11 is 0. The minimum Gasteiger partial charge on any atom is -0.463 e. The van der Waals surface area contributed by atoms with Crippen molar-refractivity contribution < 1.29 is 22.4 Å². The maximum absolute atomic E-state index is 11.2. The Hall–Kier alpha value is -1.60. The summed E-state index contributed by atoms with van der Waals surface area (Å²) in [5.41, 5.74) is 0. The third kappa shape index (κ3) is 2.99. The molecule has 98 valence electrons. The van der Waals surface area contributed by atoms with Gasteiger partial charge in [0.2, 0.25) is 5.76 Å². The fourth-order valence-electron chi connectivity index (χ4n) is 1.62. The van der Waals surface area contributed by atoms with Crippen LogP contribution in [0.3, 0.4) is 0 Å². The monoisotopic (exact) mass is 271 g/mol. The van der Waals surface area contributed by atoms with E-state index in [4.69, 9.17) is 4.42 Å². The lowest BCUT2D eigenvalue weighted by Crippen LogP contribution is -2.29. The standard InChI is InChI=1S/C11H13NO5S/c1-16-11(13)10-3-2-9(17-10)6-12-8-4-5-18(14,15)7-8/h2-5,8,12H,6-7H2,1H3. The molecule has 1 unspecified atom stereocenters. The molecule has 0 spiro atoms. The Labute approximate surface area is 105 Å². The lowest BCUT2D eigenvalue weighted by Gasteiger charge is -2.07. The number of methoxy groups -OCH3 is 1. The van der Waals surface area contributed by atoms with Gasteiger partial charge in [-0.05, 0) is 12.1 Å². The molecule has 1 aromatic rings. The maximum atomic E-state index is 11.2. The topological polar surface area (TPSA) is 85.6 Å². The van der Waals surface area contributed by atoms with Crippen molar-refractivity contribution in [2.75, 3.05) is 12.9 Å². The minimum absolute atomic E-state index is 0.0531. The number of carbonyl (C=O) groups excluding carboxylic acids is 1. The van der Waals surface area contributed by atoms with Crippen molar-refractivity contribution in [1.29, 1.82) is 0 Å². The second-order valence-electron chi connectivity index (χ2n) is 3.90. The summed E-state index contributed by atoms with van der Waals surface area (Å²) in [4.78, 5) is 11.1. The zero-order chi connectivity index (χ0) is 13.2. The van der Waals surface area contributed by atoms with Gasteiger partial charge in [-0.2, -0.15) is 0 Å². The fraction of sp³-hybridized carbons (Fsp3) is 0.364. The molecule has 0 fully saturated rings. The quantitative estimate of drug-likeness (QED) is 0.801. The van der Waals surface area contributed by atoms with Gasteiger partial charge < -0.3 is 14.5 Å². The van der Waals surface area contributed by atoms with Gasteiger partial charge in [0.15, 0.2) is 9.84 Å². The molecule has 0 bridgehead atoms. The predicted octanol–water partition coefficient (Wildman–Crippen LogP) is 0.466. The van der Waals surface area contributed by atoms with E-state index in [-0.39, 0.29) is 17.6 Å². The summed E-state index contributed by atoms with van der Waals surface area (Å²) in [7, 11) is -1.79. The number of hydrogen-bond acceptors (Lipinski definition) is 6. The molecule has 18 heavy (non-hydrogen) atoms. The number of hydrogen-bond donors (Lipinski definition) is 1. The molecule has 0 amide bonds. The van der Waals surface area contributed by atoms with Crippen molar-refractivity contribution in [2.45, 2.75) is 12.6 Å². The zero-order valence-electron chi connectivity index (χ0n) is 9.75. The first kappa shape index (κ1) is 12.8. The lowest BCUT2D eigenvalue weighted by atomic mass is 10.3. The molecule has 1 aromatic heterocycles. The normalized spacial score (nSPS) is 21.1. The summed E-state index contributed by atoms with van der Waals surface area (Å²) in [5.74, 6) is 0.193. The molecule has 1 N–H and O–H groups in total. The average molecular weight is 271 g/mol. The van der Waals surface area contributed by atoms with Gasteiger partial charge in [0.05, 0.1) is 19.4 Å². The van der Waals surface area contributed by atoms with Crippen molar-refractivity contribution in [3.05, 3.63) is 35.1 Å². The van der Waals surface area contributed by atoms with Crippen LogP contribution in [0.1, 0.15) is 16.3 Å². The van der Waals surface area contributed by atoms with Gasteiger partial charge in [-0.1, -0.05) is 6.08 Å². The summed E-state index contributed by atoms with van der Waals surface area (Å²) in [6.07, 6.45) is 1.60. The van der Waals surface area contributed by atoms with Crippen LogP contribution in [0.4, 0.5) is 0 Å². The van der Waals surface area contributed by atoms with Gasteiger partial charge in [-0.3, -0.25) is 0 Å². The molecular formula is C11H13NO5S. The van der Waals surface area contributed by atoms with E-state index in [0.717, 1.165) is 0 Å². The molecule has 2 rings (SSSR count). The van der Waals surface area contributed by atoms with Crippen molar-refractivity contribution in [3.63, 3.8) is 0 Å². The number of carbonyl (C=O) groups is 1. The highest BCUT2D eigenvalue weighted by Gasteiger charge is 2.21. The molecule has 2 heterocycles. The van der Waals surface area contributed by atoms with Gasteiger partial charge in [0.1, 0.15) is 5.76 Å². The molecule has 1 aliphatic rings. The van der Waals surface area contributed by atoms with Crippen molar-refractivity contribution in [2.24, 2.45) is 0 Å². The number of ether oxygens (including phenoxy) is 1. The molecule has 0 aromatic carbocycles. The predicted molar refractivity (Wildman–Crippen MR) is 63.6 cm³/mol. The first-order valence-electron chi connectivity index (χ1n) is 5.31. The second-order valence-corrected chi connectivity index (χ2v) is 5.83. The number of rotatable bonds is 4. The van der Waals surface area contributed by atoms with E-state index in [1.165, 1.54) is 18.6 Å². The minimum atomic E-state index is -3.06. The summed E-state index contributed by atoms with van der Waals surface area (Å²) in [6.45, 7) is 0.349. The van der Waals surface area contributed by atoms with Gasteiger partial charge in [-0.15, -0.1) is 0 Å². The highest BCUT2D eigenvalue weighted by atomic mass is 32.2. The third-order valence-electron chi connectivity index (χ3n) is 2.52. The first-order valence-corrected chi connectivity index (χ1v) is 7.03. The molecule has 6 nitrogen and oxygen atoms in total. The van der Waals surface area contributed by atoms with Crippen LogP contribution in [0.25, 0.3) is 0 Å². The van der Waals surface area contributed by atoms with E-state index in [0.29, 0.717) is 12.3 Å². The summed E-state index contributed by atoms with van der Waals surface area (Å²) in [6, 6.07) is 2.94. The van der Waals surface area contributed by atoms with Gasteiger partial charge in [-0.25, -0.2) is 13.2 Å². The van der Waals surface area contributed by atoms with Gasteiger partial charge in [0, 0.05) is 11.4 Å². The Kier molecular flexibility index (Phi) is 3.53. The molecule has 0 saturated carbocycles. The Morgan fingerprint density at radius 1 is 1.56 bits per heavy atom. The van der Waals surface area contributed by atoms with E-state index in [1.807, 2.05) is 0 Å². The zero-order valence-corrected chi connectivity index (χ0v) is 10.6. The van der Waals surface area contributed by atoms with Gasteiger partial charge in [0.25, 0.3) is 0 Å². The number of furan rings is 1. The highest BCUT2D eigenvalue weighted by molar-refractivity contribution is 7.94. The van der Waals surface area contributed by atoms with Crippen LogP contribution in [0.5, 0.6) is 0 Å². The average Bonchev–Trinajstić information content (AvgIpc) is 2.92. The Bertz CT molecular complexity index is 572. The van der Waals surface area contributed by atoms with Crippen LogP contribution in [0, 0.1) is 0 Å². The largest absolute Gasteiger partial charge is 0.463 e. The van der Waals surface area contributed by atoms with E-state index in [2.05, 4.69) is 10.1 Å². The Morgan fingerprint density at radius 2 is 2.33 bits per heavy atom. The second kappa shape index (κ2) is 4.95. The van der Waals surface area contributed by atoms with Gasteiger partial charge >= 0.3 is 5.97 Å². The van der Waals surface area contributed by atoms with Crippen LogP contribution in [0.2, 0.25) is 0 Å². The molecule has 0 aliphatic carbocycles. The summed E-state index contributed by atoms with van der Waals surface area (Å²) < 4.78 is 32.1. The molecule has 1 atom stereocenters. The molecule has 7 heteroatoms. The van der Waals surface area contributed by atoms with Crippen molar-refractivity contribution in [3.8, 4) is 0 Å². The Balaban J connectivity index is 1.90. The van der Waals surface area contributed by atoms with Crippen LogP contribution >= 0.6 is 0 Å².